The third-order valence-electron chi connectivity index (χ3n) is 3.43. The Morgan fingerprint density at radius 1 is 1.13 bits per heavy atom. The topological polar surface area (TPSA) is 64.4 Å². The molecule has 1 amide bonds. The van der Waals surface area contributed by atoms with Crippen molar-refractivity contribution in [3.05, 3.63) is 72.2 Å². The van der Waals surface area contributed by atoms with Gasteiger partial charge in [0.1, 0.15) is 5.75 Å². The fraction of sp³-hybridized carbons (Fsp3) is 0.111. The lowest BCUT2D eigenvalue weighted by atomic mass is 10.1. The van der Waals surface area contributed by atoms with Crippen molar-refractivity contribution < 1.29 is 13.9 Å². The number of amides is 1. The zero-order valence-corrected chi connectivity index (χ0v) is 12.7. The minimum Gasteiger partial charge on any atom is -0.497 e. The van der Waals surface area contributed by atoms with Crippen molar-refractivity contribution in [2.45, 2.75) is 6.54 Å². The fourth-order valence-electron chi connectivity index (χ4n) is 2.21. The van der Waals surface area contributed by atoms with Gasteiger partial charge in [-0.1, -0.05) is 42.5 Å². The van der Waals surface area contributed by atoms with Gasteiger partial charge in [0.15, 0.2) is 17.8 Å². The molecule has 1 N–H and O–H groups in total. The van der Waals surface area contributed by atoms with Gasteiger partial charge in [0.05, 0.1) is 7.11 Å². The highest BCUT2D eigenvalue weighted by Crippen LogP contribution is 2.22. The lowest BCUT2D eigenvalue weighted by Crippen LogP contribution is -2.23. The normalized spacial score (nSPS) is 10.3. The molecular formula is C18H16N2O3. The highest BCUT2D eigenvalue weighted by molar-refractivity contribution is 5.97. The van der Waals surface area contributed by atoms with Gasteiger partial charge in [-0.05, 0) is 17.7 Å². The largest absolute Gasteiger partial charge is 0.497 e. The van der Waals surface area contributed by atoms with Crippen LogP contribution in [0.25, 0.3) is 11.3 Å². The summed E-state index contributed by atoms with van der Waals surface area (Å²) in [6, 6.07) is 16.9. The van der Waals surface area contributed by atoms with E-state index in [1.807, 2.05) is 54.6 Å². The minimum absolute atomic E-state index is 0.270. The molecule has 23 heavy (non-hydrogen) atoms. The summed E-state index contributed by atoms with van der Waals surface area (Å²) in [4.78, 5) is 16.4. The van der Waals surface area contributed by atoms with Crippen molar-refractivity contribution in [2.24, 2.45) is 0 Å². The van der Waals surface area contributed by atoms with E-state index in [0.717, 1.165) is 16.9 Å². The van der Waals surface area contributed by atoms with Crippen LogP contribution in [0.5, 0.6) is 5.75 Å². The summed E-state index contributed by atoms with van der Waals surface area (Å²) >= 11 is 0. The molecule has 0 saturated heterocycles. The Morgan fingerprint density at radius 2 is 1.87 bits per heavy atom. The van der Waals surface area contributed by atoms with Crippen LogP contribution >= 0.6 is 0 Å². The SMILES string of the molecule is COc1ccc(CNC(=O)c2ncoc2-c2ccccc2)cc1. The van der Waals surface area contributed by atoms with Gasteiger partial charge in [0.25, 0.3) is 5.91 Å². The number of ether oxygens (including phenoxy) is 1. The summed E-state index contributed by atoms with van der Waals surface area (Å²) in [5, 5.41) is 2.85. The van der Waals surface area contributed by atoms with Crippen LogP contribution in [0.1, 0.15) is 16.1 Å². The predicted octanol–water partition coefficient (Wildman–Crippen LogP) is 3.28. The molecule has 5 nitrogen and oxygen atoms in total. The molecule has 0 fully saturated rings. The number of hydrogen-bond acceptors (Lipinski definition) is 4. The fourth-order valence-corrected chi connectivity index (χ4v) is 2.21. The first-order chi connectivity index (χ1) is 11.3. The summed E-state index contributed by atoms with van der Waals surface area (Å²) in [6.07, 6.45) is 1.28. The molecule has 0 spiro atoms. The van der Waals surface area contributed by atoms with E-state index in [2.05, 4.69) is 10.3 Å². The quantitative estimate of drug-likeness (QED) is 0.785. The third kappa shape index (κ3) is 3.40. The second kappa shape index (κ2) is 6.79. The van der Waals surface area contributed by atoms with Crippen molar-refractivity contribution >= 4 is 5.91 Å². The van der Waals surface area contributed by atoms with Crippen LogP contribution in [-0.4, -0.2) is 18.0 Å². The average molecular weight is 308 g/mol. The highest BCUT2D eigenvalue weighted by Gasteiger charge is 2.17. The molecule has 0 unspecified atom stereocenters. The zero-order valence-electron chi connectivity index (χ0n) is 12.7. The highest BCUT2D eigenvalue weighted by atomic mass is 16.5. The summed E-state index contributed by atoms with van der Waals surface area (Å²) in [5.41, 5.74) is 2.08. The molecule has 0 aliphatic heterocycles. The second-order valence-electron chi connectivity index (χ2n) is 4.93. The Bertz CT molecular complexity index is 780. The molecule has 3 rings (SSSR count). The maximum atomic E-state index is 12.3. The molecule has 0 bridgehead atoms. The van der Waals surface area contributed by atoms with Gasteiger partial charge < -0.3 is 14.5 Å². The summed E-state index contributed by atoms with van der Waals surface area (Å²) in [5.74, 6) is 0.981. The van der Waals surface area contributed by atoms with Crippen LogP contribution in [0.4, 0.5) is 0 Å². The number of methoxy groups -OCH3 is 1. The molecule has 0 saturated carbocycles. The molecule has 0 atom stereocenters. The van der Waals surface area contributed by atoms with Crippen LogP contribution in [-0.2, 0) is 6.54 Å². The van der Waals surface area contributed by atoms with Crippen LogP contribution in [0.2, 0.25) is 0 Å². The number of nitrogens with one attached hydrogen (secondary N) is 1. The van der Waals surface area contributed by atoms with E-state index in [1.54, 1.807) is 7.11 Å². The average Bonchev–Trinajstić information content (AvgIpc) is 3.11. The van der Waals surface area contributed by atoms with Gasteiger partial charge >= 0.3 is 0 Å². The minimum atomic E-state index is -0.270. The van der Waals surface area contributed by atoms with Crippen molar-refractivity contribution in [1.82, 2.24) is 10.3 Å². The molecule has 0 aliphatic carbocycles. The standard InChI is InChI=1S/C18H16N2O3/c1-22-15-9-7-13(8-10-15)11-19-18(21)16-17(23-12-20-16)14-5-3-2-4-6-14/h2-10,12H,11H2,1H3,(H,19,21). The van der Waals surface area contributed by atoms with Gasteiger partial charge in [0, 0.05) is 12.1 Å². The number of oxazole rings is 1. The van der Waals surface area contributed by atoms with Gasteiger partial charge in [-0.2, -0.15) is 0 Å². The van der Waals surface area contributed by atoms with Crippen LogP contribution in [0.3, 0.4) is 0 Å². The van der Waals surface area contributed by atoms with Crippen molar-refractivity contribution in [1.29, 1.82) is 0 Å². The first-order valence-electron chi connectivity index (χ1n) is 7.18. The molecule has 1 heterocycles. The summed E-state index contributed by atoms with van der Waals surface area (Å²) < 4.78 is 10.5. The number of hydrogen-bond donors (Lipinski definition) is 1. The molecule has 0 radical (unpaired) electrons. The molecule has 2 aromatic carbocycles. The van der Waals surface area contributed by atoms with Gasteiger partial charge in [-0.3, -0.25) is 4.79 Å². The van der Waals surface area contributed by atoms with Crippen molar-refractivity contribution in [2.75, 3.05) is 7.11 Å². The van der Waals surface area contributed by atoms with E-state index < -0.39 is 0 Å². The van der Waals surface area contributed by atoms with E-state index in [-0.39, 0.29) is 11.6 Å². The monoisotopic (exact) mass is 308 g/mol. The number of carbonyl (C=O) groups is 1. The van der Waals surface area contributed by atoms with Gasteiger partial charge in [-0.25, -0.2) is 4.98 Å². The van der Waals surface area contributed by atoms with E-state index in [1.165, 1.54) is 6.39 Å². The van der Waals surface area contributed by atoms with Gasteiger partial charge in [-0.15, -0.1) is 0 Å². The van der Waals surface area contributed by atoms with Crippen LogP contribution in [0.15, 0.2) is 65.4 Å². The first kappa shape index (κ1) is 14.8. The van der Waals surface area contributed by atoms with Crippen molar-refractivity contribution in [3.63, 3.8) is 0 Å². The first-order valence-corrected chi connectivity index (χ1v) is 7.18. The van der Waals surface area contributed by atoms with Gasteiger partial charge in [0.2, 0.25) is 0 Å². The number of rotatable bonds is 5. The van der Waals surface area contributed by atoms with E-state index in [9.17, 15) is 4.79 Å². The summed E-state index contributed by atoms with van der Waals surface area (Å²) in [7, 11) is 1.62. The lowest BCUT2D eigenvalue weighted by Gasteiger charge is -2.06. The third-order valence-corrected chi connectivity index (χ3v) is 3.43. The molecule has 0 aliphatic rings. The second-order valence-corrected chi connectivity index (χ2v) is 4.93. The van der Waals surface area contributed by atoms with Crippen molar-refractivity contribution in [3.8, 4) is 17.1 Å². The predicted molar refractivity (Wildman–Crippen MR) is 86.1 cm³/mol. The number of benzene rings is 2. The van der Waals surface area contributed by atoms with E-state index in [4.69, 9.17) is 9.15 Å². The maximum absolute atomic E-state index is 12.3. The molecule has 5 heteroatoms. The maximum Gasteiger partial charge on any atom is 0.274 e. The number of nitrogens with zero attached hydrogens (tertiary/aromatic N) is 1. The number of aromatic nitrogens is 1. The molecular weight excluding hydrogens is 292 g/mol. The Morgan fingerprint density at radius 3 is 2.57 bits per heavy atom. The zero-order chi connectivity index (χ0) is 16.1. The Hall–Kier alpha value is -3.08. The Labute approximate surface area is 133 Å². The molecule has 3 aromatic rings. The van der Waals surface area contributed by atoms with Crippen LogP contribution in [0, 0.1) is 0 Å². The van der Waals surface area contributed by atoms with E-state index in [0.29, 0.717) is 12.3 Å². The lowest BCUT2D eigenvalue weighted by molar-refractivity contribution is 0.0947. The Kier molecular flexibility index (Phi) is 4.38. The Balaban J connectivity index is 1.70. The van der Waals surface area contributed by atoms with E-state index >= 15 is 0 Å². The smallest absolute Gasteiger partial charge is 0.274 e. The molecule has 116 valence electrons. The molecule has 1 aromatic heterocycles. The van der Waals surface area contributed by atoms with Crippen LogP contribution < -0.4 is 10.1 Å². The summed E-state index contributed by atoms with van der Waals surface area (Å²) in [6.45, 7) is 0.407. The number of carbonyl (C=O) groups excluding carboxylic acids is 1.